The van der Waals surface area contributed by atoms with E-state index >= 15 is 0 Å². The fourth-order valence-corrected chi connectivity index (χ4v) is 14.0. The molecule has 0 N–H and O–H groups in total. The van der Waals surface area contributed by atoms with E-state index in [0.717, 1.165) is 0 Å². The summed E-state index contributed by atoms with van der Waals surface area (Å²) >= 11 is 11.7. The fraction of sp³-hybridized carbons (Fsp3) is 0.250. The molecule has 0 saturated heterocycles. The van der Waals surface area contributed by atoms with Gasteiger partial charge in [-0.1, -0.05) is 25.7 Å². The molecule has 0 aliphatic carbocycles. The lowest BCUT2D eigenvalue weighted by Gasteiger charge is -2.12. The summed E-state index contributed by atoms with van der Waals surface area (Å²) in [5.41, 5.74) is 5.54. The third-order valence-electron chi connectivity index (χ3n) is 6.89. The average Bonchev–Trinajstić information content (AvgIpc) is 3.67. The number of aryl methyl sites for hydroxylation is 5. The topological polar surface area (TPSA) is 0 Å². The Labute approximate surface area is 257 Å². The average molecular weight is 637 g/mol. The van der Waals surface area contributed by atoms with Gasteiger partial charge >= 0.3 is 0 Å². The normalized spacial score (nSPS) is 12.1. The molecule has 6 rings (SSSR count). The Morgan fingerprint density at radius 3 is 1.21 bits per heavy atom. The minimum atomic E-state index is -1.28. The van der Waals surface area contributed by atoms with Crippen LogP contribution in [0.15, 0.2) is 48.5 Å². The zero-order valence-electron chi connectivity index (χ0n) is 23.6. The summed E-state index contributed by atoms with van der Waals surface area (Å²) in [6.45, 7) is 18.6. The Morgan fingerprint density at radius 2 is 0.795 bits per heavy atom. The molecule has 0 saturated carbocycles. The molecular weight excluding hydrogens is 605 g/mol. The monoisotopic (exact) mass is 636 g/mol. The fourth-order valence-electron chi connectivity index (χ4n) is 4.79. The minimum Gasteiger partial charge on any atom is -0.144 e. The van der Waals surface area contributed by atoms with Crippen LogP contribution in [0.4, 0.5) is 0 Å². The molecule has 7 heteroatoms. The standard InChI is InChI=1S/C32H32S6Si/c1-17-13-24(35-31(17)26-15-19(3)29(37-26)22-10-9-21(5)33-22)25-14-18(2)32(36-25)27-16-20(4)30(38-27)23-11-12-28(34-23)39(6,7)8/h9-16H,1-8H3. The molecule has 6 aromatic heterocycles. The Kier molecular flexibility index (Phi) is 7.32. The zero-order chi connectivity index (χ0) is 27.6. The first-order chi connectivity index (χ1) is 18.5. The van der Waals surface area contributed by atoms with Crippen LogP contribution in [0.3, 0.4) is 0 Å². The van der Waals surface area contributed by atoms with Crippen LogP contribution in [0.2, 0.25) is 19.6 Å². The van der Waals surface area contributed by atoms with Crippen LogP contribution in [0.1, 0.15) is 27.1 Å². The summed E-state index contributed by atoms with van der Waals surface area (Å²) in [4.78, 5) is 15.4. The summed E-state index contributed by atoms with van der Waals surface area (Å²) in [5.74, 6) is 0. The van der Waals surface area contributed by atoms with Gasteiger partial charge in [0.2, 0.25) is 0 Å². The van der Waals surface area contributed by atoms with Crippen molar-refractivity contribution in [1.82, 2.24) is 0 Å². The first-order valence-corrected chi connectivity index (χ1v) is 21.5. The molecular formula is C32H32S6Si. The molecule has 0 unspecified atom stereocenters. The number of hydrogen-bond donors (Lipinski definition) is 0. The second-order valence-electron chi connectivity index (χ2n) is 11.3. The summed E-state index contributed by atoms with van der Waals surface area (Å²) in [5, 5.41) is 0. The van der Waals surface area contributed by atoms with Crippen molar-refractivity contribution in [3.8, 4) is 48.8 Å². The van der Waals surface area contributed by atoms with E-state index in [1.54, 1.807) is 4.50 Å². The lowest BCUT2D eigenvalue weighted by Crippen LogP contribution is -2.34. The van der Waals surface area contributed by atoms with E-state index in [2.05, 4.69) is 103 Å². The Bertz CT molecular complexity index is 1800. The first kappa shape index (κ1) is 27.6. The maximum atomic E-state index is 2.44. The minimum absolute atomic E-state index is 1.28. The SMILES string of the molecule is Cc1ccc(-c2sc(-c3sc(-c4cc(C)c(-c5cc(C)c(-c6ccc([Si](C)(C)C)s6)s5)s4)cc3C)cc2C)s1. The van der Waals surface area contributed by atoms with Crippen LogP contribution in [-0.2, 0) is 0 Å². The molecule has 0 aliphatic heterocycles. The van der Waals surface area contributed by atoms with Crippen molar-refractivity contribution >= 4 is 80.6 Å². The highest BCUT2D eigenvalue weighted by Gasteiger charge is 2.22. The van der Waals surface area contributed by atoms with Gasteiger partial charge in [-0.05, 0) is 104 Å². The molecule has 0 amide bonds. The van der Waals surface area contributed by atoms with Crippen molar-refractivity contribution in [3.05, 3.63) is 75.7 Å². The van der Waals surface area contributed by atoms with E-state index in [4.69, 9.17) is 0 Å². The molecule has 6 aromatic rings. The molecule has 0 aromatic carbocycles. The molecule has 0 atom stereocenters. The predicted molar refractivity (Wildman–Crippen MR) is 188 cm³/mol. The molecule has 0 fully saturated rings. The molecule has 6 heterocycles. The van der Waals surface area contributed by atoms with E-state index in [-0.39, 0.29) is 0 Å². The Morgan fingerprint density at radius 1 is 0.410 bits per heavy atom. The third kappa shape index (κ3) is 5.28. The second-order valence-corrected chi connectivity index (χ2v) is 23.3. The molecule has 39 heavy (non-hydrogen) atoms. The van der Waals surface area contributed by atoms with Crippen molar-refractivity contribution in [2.75, 3.05) is 0 Å². The zero-order valence-corrected chi connectivity index (χ0v) is 29.5. The van der Waals surface area contributed by atoms with Gasteiger partial charge in [-0.25, -0.2) is 0 Å². The van der Waals surface area contributed by atoms with E-state index in [1.807, 2.05) is 68.0 Å². The van der Waals surface area contributed by atoms with E-state index < -0.39 is 8.07 Å². The summed E-state index contributed by atoms with van der Waals surface area (Å²) in [7, 11) is -1.28. The Hall–Kier alpha value is -1.58. The lowest BCUT2D eigenvalue weighted by molar-refractivity contribution is 1.53. The molecule has 0 nitrogen and oxygen atoms in total. The highest BCUT2D eigenvalue weighted by atomic mass is 32.1. The van der Waals surface area contributed by atoms with Crippen molar-refractivity contribution in [3.63, 3.8) is 0 Å². The first-order valence-electron chi connectivity index (χ1n) is 13.1. The lowest BCUT2D eigenvalue weighted by atomic mass is 10.2. The third-order valence-corrected chi connectivity index (χ3v) is 18.4. The number of hydrogen-bond acceptors (Lipinski definition) is 6. The maximum absolute atomic E-state index is 2.44. The summed E-state index contributed by atoms with van der Waals surface area (Å²) in [6, 6.07) is 18.8. The van der Waals surface area contributed by atoms with E-state index in [9.17, 15) is 0 Å². The molecule has 0 spiro atoms. The highest BCUT2D eigenvalue weighted by molar-refractivity contribution is 7.33. The van der Waals surface area contributed by atoms with Gasteiger partial charge in [-0.15, -0.1) is 68.0 Å². The smallest absolute Gasteiger partial charge is 0.0904 e. The van der Waals surface area contributed by atoms with Crippen LogP contribution in [0, 0.1) is 34.6 Å². The molecule has 0 aliphatic rings. The number of thiophene rings is 6. The largest absolute Gasteiger partial charge is 0.144 e. The van der Waals surface area contributed by atoms with Gasteiger partial charge < -0.3 is 0 Å². The van der Waals surface area contributed by atoms with Gasteiger partial charge in [-0.3, -0.25) is 0 Å². The van der Waals surface area contributed by atoms with Gasteiger partial charge in [0, 0.05) is 53.6 Å². The summed E-state index contributed by atoms with van der Waals surface area (Å²) < 4.78 is 1.59. The van der Waals surface area contributed by atoms with Crippen molar-refractivity contribution < 1.29 is 0 Å². The van der Waals surface area contributed by atoms with Crippen molar-refractivity contribution in [2.24, 2.45) is 0 Å². The Balaban J connectivity index is 1.32. The highest BCUT2D eigenvalue weighted by Crippen LogP contribution is 2.49. The van der Waals surface area contributed by atoms with Gasteiger partial charge in [-0.2, -0.15) is 0 Å². The number of rotatable bonds is 6. The predicted octanol–water partition coefficient (Wildman–Crippen LogP) is 12.5. The van der Waals surface area contributed by atoms with Crippen LogP contribution in [0.5, 0.6) is 0 Å². The second kappa shape index (κ2) is 10.4. The van der Waals surface area contributed by atoms with Gasteiger partial charge in [0.1, 0.15) is 0 Å². The quantitative estimate of drug-likeness (QED) is 0.160. The van der Waals surface area contributed by atoms with Gasteiger partial charge in [0.25, 0.3) is 0 Å². The van der Waals surface area contributed by atoms with Crippen LogP contribution >= 0.6 is 68.0 Å². The van der Waals surface area contributed by atoms with Crippen LogP contribution < -0.4 is 4.50 Å². The van der Waals surface area contributed by atoms with Crippen molar-refractivity contribution in [2.45, 2.75) is 54.3 Å². The van der Waals surface area contributed by atoms with E-state index in [1.165, 1.54) is 75.9 Å². The van der Waals surface area contributed by atoms with Crippen LogP contribution in [-0.4, -0.2) is 8.07 Å². The van der Waals surface area contributed by atoms with Crippen molar-refractivity contribution in [1.29, 1.82) is 0 Å². The van der Waals surface area contributed by atoms with Gasteiger partial charge in [0.15, 0.2) is 0 Å². The molecule has 200 valence electrons. The summed E-state index contributed by atoms with van der Waals surface area (Å²) in [6.07, 6.45) is 0. The molecule has 0 radical (unpaired) electrons. The molecule has 0 bridgehead atoms. The van der Waals surface area contributed by atoms with Crippen LogP contribution in [0.25, 0.3) is 48.8 Å². The van der Waals surface area contributed by atoms with Gasteiger partial charge in [0.05, 0.1) is 8.07 Å². The maximum Gasteiger partial charge on any atom is 0.0904 e. The van der Waals surface area contributed by atoms with E-state index in [0.29, 0.717) is 0 Å².